The first kappa shape index (κ1) is 17.9. The van der Waals surface area contributed by atoms with E-state index in [2.05, 4.69) is 0 Å². The van der Waals surface area contributed by atoms with Crippen molar-refractivity contribution in [3.05, 3.63) is 95.6 Å². The van der Waals surface area contributed by atoms with Gasteiger partial charge in [0.2, 0.25) is 0 Å². The van der Waals surface area contributed by atoms with Crippen LogP contribution in [0.5, 0.6) is 11.5 Å². The molecule has 0 radical (unpaired) electrons. The standard InChI is InChI=1S/C21H14O6/c22-19(23)17-12-11-16(26-20(24)14-7-3-1-4-8-14)13-18(17)27-21(25)15-9-5-2-6-10-15/h1-13H,(H,22,23). The number of carboxylic acid groups (broad SMARTS) is 1. The summed E-state index contributed by atoms with van der Waals surface area (Å²) in [4.78, 5) is 35.8. The molecule has 0 spiro atoms. The van der Waals surface area contributed by atoms with Crippen LogP contribution in [0.25, 0.3) is 0 Å². The summed E-state index contributed by atoms with van der Waals surface area (Å²) in [6.07, 6.45) is 0. The first-order valence-electron chi connectivity index (χ1n) is 7.96. The number of esters is 2. The first-order chi connectivity index (χ1) is 13.0. The van der Waals surface area contributed by atoms with Crippen LogP contribution in [0, 0.1) is 0 Å². The number of carbonyl (C=O) groups is 3. The molecule has 3 rings (SSSR count). The van der Waals surface area contributed by atoms with Gasteiger partial charge in [-0.1, -0.05) is 36.4 Å². The van der Waals surface area contributed by atoms with Crippen LogP contribution >= 0.6 is 0 Å². The predicted molar refractivity (Wildman–Crippen MR) is 96.2 cm³/mol. The van der Waals surface area contributed by atoms with E-state index in [1.165, 1.54) is 18.2 Å². The van der Waals surface area contributed by atoms with Crippen LogP contribution in [0.1, 0.15) is 31.1 Å². The van der Waals surface area contributed by atoms with Gasteiger partial charge >= 0.3 is 17.9 Å². The van der Waals surface area contributed by atoms with Gasteiger partial charge < -0.3 is 14.6 Å². The Morgan fingerprint density at radius 2 is 1.19 bits per heavy atom. The molecule has 0 aromatic heterocycles. The minimum absolute atomic E-state index is 0.0599. The van der Waals surface area contributed by atoms with Crippen molar-refractivity contribution in [3.8, 4) is 11.5 Å². The third-order valence-electron chi connectivity index (χ3n) is 3.62. The fourth-order valence-corrected chi connectivity index (χ4v) is 2.30. The highest BCUT2D eigenvalue weighted by Gasteiger charge is 2.18. The van der Waals surface area contributed by atoms with Crippen molar-refractivity contribution in [2.75, 3.05) is 0 Å². The van der Waals surface area contributed by atoms with Gasteiger partial charge in [-0.3, -0.25) is 0 Å². The van der Waals surface area contributed by atoms with E-state index in [-0.39, 0.29) is 22.6 Å². The quantitative estimate of drug-likeness (QED) is 0.548. The van der Waals surface area contributed by atoms with Crippen LogP contribution in [0.2, 0.25) is 0 Å². The van der Waals surface area contributed by atoms with Crippen molar-refractivity contribution in [1.29, 1.82) is 0 Å². The summed E-state index contributed by atoms with van der Waals surface area (Å²) in [6.45, 7) is 0. The van der Waals surface area contributed by atoms with Gasteiger partial charge in [0.05, 0.1) is 11.1 Å². The van der Waals surface area contributed by atoms with Gasteiger partial charge in [-0.2, -0.15) is 0 Å². The van der Waals surface area contributed by atoms with Crippen LogP contribution in [0.4, 0.5) is 0 Å². The van der Waals surface area contributed by atoms with Crippen molar-refractivity contribution >= 4 is 17.9 Å². The molecule has 27 heavy (non-hydrogen) atoms. The largest absolute Gasteiger partial charge is 0.478 e. The normalized spacial score (nSPS) is 10.1. The highest BCUT2D eigenvalue weighted by molar-refractivity contribution is 5.96. The lowest BCUT2D eigenvalue weighted by atomic mass is 10.2. The Balaban J connectivity index is 1.85. The van der Waals surface area contributed by atoms with E-state index in [1.807, 2.05) is 0 Å². The fraction of sp³-hybridized carbons (Fsp3) is 0. The van der Waals surface area contributed by atoms with Crippen molar-refractivity contribution in [3.63, 3.8) is 0 Å². The molecule has 0 heterocycles. The number of carbonyl (C=O) groups excluding carboxylic acids is 2. The minimum Gasteiger partial charge on any atom is -0.478 e. The van der Waals surface area contributed by atoms with Crippen molar-refractivity contribution in [2.24, 2.45) is 0 Å². The van der Waals surface area contributed by atoms with Gasteiger partial charge in [0.1, 0.15) is 17.1 Å². The Morgan fingerprint density at radius 3 is 1.70 bits per heavy atom. The number of rotatable bonds is 5. The highest BCUT2D eigenvalue weighted by atomic mass is 16.5. The van der Waals surface area contributed by atoms with Crippen LogP contribution in [0.3, 0.4) is 0 Å². The molecule has 0 saturated heterocycles. The second-order valence-electron chi connectivity index (χ2n) is 5.47. The van der Waals surface area contributed by atoms with Gasteiger partial charge in [-0.05, 0) is 36.4 Å². The molecule has 0 saturated carbocycles. The number of aromatic carboxylic acids is 1. The second kappa shape index (κ2) is 7.97. The first-order valence-corrected chi connectivity index (χ1v) is 7.96. The average molecular weight is 362 g/mol. The molecule has 0 aliphatic rings. The highest BCUT2D eigenvalue weighted by Crippen LogP contribution is 2.26. The predicted octanol–water partition coefficient (Wildman–Crippen LogP) is 3.82. The molecule has 134 valence electrons. The van der Waals surface area contributed by atoms with Crippen LogP contribution < -0.4 is 9.47 Å². The minimum atomic E-state index is -1.27. The maximum atomic E-state index is 12.2. The Kier molecular flexibility index (Phi) is 5.28. The fourth-order valence-electron chi connectivity index (χ4n) is 2.30. The average Bonchev–Trinajstić information content (AvgIpc) is 2.69. The summed E-state index contributed by atoms with van der Waals surface area (Å²) in [5.41, 5.74) is 0.377. The molecule has 0 aliphatic heterocycles. The lowest BCUT2D eigenvalue weighted by Crippen LogP contribution is -2.12. The Labute approximate surface area is 154 Å². The third-order valence-corrected chi connectivity index (χ3v) is 3.62. The Morgan fingerprint density at radius 1 is 0.667 bits per heavy atom. The summed E-state index contributed by atoms with van der Waals surface area (Å²) in [5.74, 6) is -2.75. The molecule has 0 fully saturated rings. The van der Waals surface area contributed by atoms with Gasteiger partial charge in [0.25, 0.3) is 0 Å². The lowest BCUT2D eigenvalue weighted by molar-refractivity contribution is 0.0681. The molecule has 3 aromatic rings. The zero-order chi connectivity index (χ0) is 19.2. The smallest absolute Gasteiger partial charge is 0.343 e. The zero-order valence-electron chi connectivity index (χ0n) is 14.0. The Hall–Kier alpha value is -3.93. The molecular formula is C21H14O6. The number of ether oxygens (including phenoxy) is 2. The Bertz CT molecular complexity index is 980. The lowest BCUT2D eigenvalue weighted by Gasteiger charge is -2.10. The molecule has 0 amide bonds. The molecule has 0 aliphatic carbocycles. The molecular weight excluding hydrogens is 348 g/mol. The summed E-state index contributed by atoms with van der Waals surface area (Å²) in [5, 5.41) is 9.30. The summed E-state index contributed by atoms with van der Waals surface area (Å²) >= 11 is 0. The third kappa shape index (κ3) is 4.38. The number of hydrogen-bond donors (Lipinski definition) is 1. The molecule has 3 aromatic carbocycles. The summed E-state index contributed by atoms with van der Waals surface area (Å²) in [6, 6.07) is 20.2. The summed E-state index contributed by atoms with van der Waals surface area (Å²) in [7, 11) is 0. The van der Waals surface area contributed by atoms with Crippen molar-refractivity contribution in [1.82, 2.24) is 0 Å². The number of carboxylic acids is 1. The van der Waals surface area contributed by atoms with Crippen molar-refractivity contribution in [2.45, 2.75) is 0 Å². The van der Waals surface area contributed by atoms with E-state index in [0.717, 1.165) is 0 Å². The van der Waals surface area contributed by atoms with Gasteiger partial charge in [0.15, 0.2) is 0 Å². The van der Waals surface area contributed by atoms with E-state index in [0.29, 0.717) is 5.56 Å². The van der Waals surface area contributed by atoms with Gasteiger partial charge in [-0.25, -0.2) is 14.4 Å². The maximum absolute atomic E-state index is 12.2. The molecule has 0 unspecified atom stereocenters. The topological polar surface area (TPSA) is 89.9 Å². The van der Waals surface area contributed by atoms with E-state index < -0.39 is 17.9 Å². The molecule has 1 N–H and O–H groups in total. The number of benzene rings is 3. The molecule has 6 heteroatoms. The van der Waals surface area contributed by atoms with Crippen molar-refractivity contribution < 1.29 is 29.0 Å². The van der Waals surface area contributed by atoms with E-state index >= 15 is 0 Å². The van der Waals surface area contributed by atoms with E-state index in [9.17, 15) is 19.5 Å². The van der Waals surface area contributed by atoms with E-state index in [4.69, 9.17) is 9.47 Å². The molecule has 0 bridgehead atoms. The van der Waals surface area contributed by atoms with Crippen LogP contribution in [0.15, 0.2) is 78.9 Å². The molecule has 6 nitrogen and oxygen atoms in total. The van der Waals surface area contributed by atoms with Crippen LogP contribution in [-0.4, -0.2) is 23.0 Å². The summed E-state index contributed by atoms with van der Waals surface area (Å²) < 4.78 is 10.4. The second-order valence-corrected chi connectivity index (χ2v) is 5.47. The number of hydrogen-bond acceptors (Lipinski definition) is 5. The maximum Gasteiger partial charge on any atom is 0.343 e. The zero-order valence-corrected chi connectivity index (χ0v) is 14.0. The van der Waals surface area contributed by atoms with Gasteiger partial charge in [0, 0.05) is 6.07 Å². The van der Waals surface area contributed by atoms with Crippen LogP contribution in [-0.2, 0) is 0 Å². The molecule has 0 atom stereocenters. The van der Waals surface area contributed by atoms with Gasteiger partial charge in [-0.15, -0.1) is 0 Å². The van der Waals surface area contributed by atoms with E-state index in [1.54, 1.807) is 60.7 Å². The monoisotopic (exact) mass is 362 g/mol. The SMILES string of the molecule is O=C(Oc1ccc(C(=O)O)c(OC(=O)c2ccccc2)c1)c1ccccc1.